The molecule has 1 fully saturated rings. The molecule has 4 rings (SSSR count). The topological polar surface area (TPSA) is 42.5 Å². The minimum atomic E-state index is 0.102. The van der Waals surface area contributed by atoms with E-state index in [1.165, 1.54) is 31.5 Å². The molecule has 1 saturated heterocycles. The van der Waals surface area contributed by atoms with Gasteiger partial charge >= 0.3 is 0 Å². The van der Waals surface area contributed by atoms with Crippen molar-refractivity contribution in [1.82, 2.24) is 4.98 Å². The Kier molecular flexibility index (Phi) is 6.80. The molecule has 1 atom stereocenters. The quantitative estimate of drug-likeness (QED) is 0.510. The Morgan fingerprint density at radius 3 is 2.52 bits per heavy atom. The molecule has 166 valence electrons. The standard InChI is InChI=1S/C25H31Cl2N3O/c1-25(2,3)23(29-24-28-21-6-4-5-7-22(21)31-24)16-30-12-10-17(11-13-30)14-18-8-9-19(26)20(27)15-18/h4-9,15,17,23H,10-14,16H2,1-3H3,(H,28,29)/p+1/t23-/m0/s1. The second-order valence-electron chi connectivity index (χ2n) is 9.90. The first-order valence-corrected chi connectivity index (χ1v) is 11.9. The summed E-state index contributed by atoms with van der Waals surface area (Å²) >= 11 is 12.2. The van der Waals surface area contributed by atoms with Crippen LogP contribution in [0.15, 0.2) is 46.9 Å². The minimum absolute atomic E-state index is 0.102. The third-order valence-electron chi connectivity index (χ3n) is 6.45. The van der Waals surface area contributed by atoms with Crippen LogP contribution in [0.25, 0.3) is 11.1 Å². The molecule has 0 radical (unpaired) electrons. The number of anilines is 1. The Bertz CT molecular complexity index is 986. The fourth-order valence-corrected chi connectivity index (χ4v) is 4.76. The number of para-hydroxylation sites is 2. The highest BCUT2D eigenvalue weighted by Crippen LogP contribution is 2.27. The highest BCUT2D eigenvalue weighted by molar-refractivity contribution is 6.42. The van der Waals surface area contributed by atoms with Crippen LogP contribution in [-0.2, 0) is 6.42 Å². The number of halogens is 2. The van der Waals surface area contributed by atoms with E-state index in [1.54, 1.807) is 4.90 Å². The summed E-state index contributed by atoms with van der Waals surface area (Å²) in [6, 6.07) is 14.8. The number of hydrogen-bond donors (Lipinski definition) is 2. The molecule has 2 heterocycles. The number of fused-ring (bicyclic) bond motifs is 1. The van der Waals surface area contributed by atoms with E-state index in [1.807, 2.05) is 36.4 Å². The van der Waals surface area contributed by atoms with E-state index in [9.17, 15) is 0 Å². The summed E-state index contributed by atoms with van der Waals surface area (Å²) in [7, 11) is 0. The first-order valence-electron chi connectivity index (χ1n) is 11.2. The average molecular weight is 461 g/mol. The van der Waals surface area contributed by atoms with Crippen LogP contribution in [0.5, 0.6) is 0 Å². The number of nitrogens with one attached hydrogen (secondary N) is 2. The Hall–Kier alpha value is -1.75. The van der Waals surface area contributed by atoms with E-state index in [0.717, 1.165) is 24.1 Å². The molecule has 1 aliphatic heterocycles. The zero-order chi connectivity index (χ0) is 22.0. The lowest BCUT2D eigenvalue weighted by Gasteiger charge is -2.36. The SMILES string of the molecule is CC(C)(C)[C@H](C[NH+]1CCC(Cc2ccc(Cl)c(Cl)c2)CC1)Nc1nc2ccccc2o1. The van der Waals surface area contributed by atoms with Gasteiger partial charge in [-0.3, -0.25) is 0 Å². The zero-order valence-corrected chi connectivity index (χ0v) is 20.1. The molecule has 6 heteroatoms. The molecule has 0 saturated carbocycles. The lowest BCUT2D eigenvalue weighted by Crippen LogP contribution is -3.14. The Morgan fingerprint density at radius 2 is 1.84 bits per heavy atom. The summed E-state index contributed by atoms with van der Waals surface area (Å²) < 4.78 is 5.93. The normalized spacial score (nSPS) is 20.7. The van der Waals surface area contributed by atoms with Crippen LogP contribution in [0.4, 0.5) is 6.01 Å². The van der Waals surface area contributed by atoms with Crippen molar-refractivity contribution in [3.8, 4) is 0 Å². The van der Waals surface area contributed by atoms with Crippen LogP contribution in [0.3, 0.4) is 0 Å². The molecule has 4 nitrogen and oxygen atoms in total. The largest absolute Gasteiger partial charge is 0.424 e. The van der Waals surface area contributed by atoms with Gasteiger partial charge in [0.1, 0.15) is 5.52 Å². The van der Waals surface area contributed by atoms with Gasteiger partial charge in [-0.25, -0.2) is 0 Å². The molecule has 31 heavy (non-hydrogen) atoms. The fraction of sp³-hybridized carbons (Fsp3) is 0.480. The van der Waals surface area contributed by atoms with Crippen LogP contribution >= 0.6 is 23.2 Å². The molecule has 2 N–H and O–H groups in total. The predicted molar refractivity (Wildman–Crippen MR) is 129 cm³/mol. The van der Waals surface area contributed by atoms with Crippen molar-refractivity contribution in [2.45, 2.75) is 46.1 Å². The van der Waals surface area contributed by atoms with Gasteiger partial charge in [0.05, 0.1) is 35.7 Å². The smallest absolute Gasteiger partial charge is 0.296 e. The first-order chi connectivity index (χ1) is 14.8. The van der Waals surface area contributed by atoms with Gasteiger partial charge in [0.15, 0.2) is 5.58 Å². The second-order valence-corrected chi connectivity index (χ2v) is 10.7. The van der Waals surface area contributed by atoms with Crippen LogP contribution in [-0.4, -0.2) is 30.7 Å². The van der Waals surface area contributed by atoms with Crippen LogP contribution in [0, 0.1) is 11.3 Å². The number of piperidine rings is 1. The number of hydrogen-bond acceptors (Lipinski definition) is 3. The van der Waals surface area contributed by atoms with Crippen molar-refractivity contribution < 1.29 is 9.32 Å². The number of quaternary nitrogens is 1. The monoisotopic (exact) mass is 460 g/mol. The second kappa shape index (κ2) is 9.40. The molecular weight excluding hydrogens is 429 g/mol. The van der Waals surface area contributed by atoms with Gasteiger partial charge in [0.2, 0.25) is 0 Å². The summed E-state index contributed by atoms with van der Waals surface area (Å²) in [6.45, 7) is 10.3. The van der Waals surface area contributed by atoms with Gasteiger partial charge in [-0.1, -0.05) is 62.2 Å². The van der Waals surface area contributed by atoms with Crippen molar-refractivity contribution in [3.05, 3.63) is 58.1 Å². The maximum atomic E-state index is 6.19. The lowest BCUT2D eigenvalue weighted by atomic mass is 9.85. The minimum Gasteiger partial charge on any atom is -0.424 e. The summed E-state index contributed by atoms with van der Waals surface area (Å²) in [5.41, 5.74) is 3.11. The van der Waals surface area contributed by atoms with E-state index in [0.29, 0.717) is 22.0 Å². The number of rotatable bonds is 6. The summed E-state index contributed by atoms with van der Waals surface area (Å²) in [4.78, 5) is 6.27. The maximum absolute atomic E-state index is 6.19. The molecule has 1 aliphatic rings. The van der Waals surface area contributed by atoms with Gasteiger partial charge in [-0.2, -0.15) is 4.98 Å². The van der Waals surface area contributed by atoms with Crippen molar-refractivity contribution >= 4 is 40.3 Å². The van der Waals surface area contributed by atoms with Gasteiger partial charge in [-0.05, 0) is 60.4 Å². The van der Waals surface area contributed by atoms with Crippen molar-refractivity contribution in [2.75, 3.05) is 25.0 Å². The Labute approximate surface area is 194 Å². The number of aromatic nitrogens is 1. The van der Waals surface area contributed by atoms with E-state index < -0.39 is 0 Å². The lowest BCUT2D eigenvalue weighted by molar-refractivity contribution is -0.907. The summed E-state index contributed by atoms with van der Waals surface area (Å²) in [6.07, 6.45) is 3.54. The molecule has 2 aromatic carbocycles. The summed E-state index contributed by atoms with van der Waals surface area (Å²) in [5.74, 6) is 0.707. The molecule has 0 bridgehead atoms. The zero-order valence-electron chi connectivity index (χ0n) is 18.6. The van der Waals surface area contributed by atoms with Crippen LogP contribution in [0.2, 0.25) is 10.0 Å². The van der Waals surface area contributed by atoms with Gasteiger partial charge < -0.3 is 14.6 Å². The number of likely N-dealkylation sites (tertiary alicyclic amines) is 1. The van der Waals surface area contributed by atoms with Gasteiger partial charge in [0.25, 0.3) is 6.01 Å². The first kappa shape index (κ1) is 22.4. The van der Waals surface area contributed by atoms with Crippen LogP contribution < -0.4 is 10.2 Å². The van der Waals surface area contributed by atoms with Crippen molar-refractivity contribution in [1.29, 1.82) is 0 Å². The molecule has 0 amide bonds. The van der Waals surface area contributed by atoms with E-state index in [2.05, 4.69) is 37.1 Å². The molecular formula is C25H32Cl2N3O+. The van der Waals surface area contributed by atoms with E-state index >= 15 is 0 Å². The number of benzene rings is 2. The van der Waals surface area contributed by atoms with Crippen molar-refractivity contribution in [3.63, 3.8) is 0 Å². The van der Waals surface area contributed by atoms with Gasteiger partial charge in [0, 0.05) is 0 Å². The molecule has 3 aromatic rings. The Morgan fingerprint density at radius 1 is 1.10 bits per heavy atom. The summed E-state index contributed by atoms with van der Waals surface area (Å²) in [5, 5.41) is 4.87. The average Bonchev–Trinajstić information content (AvgIpc) is 3.13. The Balaban J connectivity index is 1.34. The van der Waals surface area contributed by atoms with E-state index in [-0.39, 0.29) is 11.5 Å². The highest BCUT2D eigenvalue weighted by Gasteiger charge is 2.32. The highest BCUT2D eigenvalue weighted by atomic mass is 35.5. The number of nitrogens with zero attached hydrogens (tertiary/aromatic N) is 1. The molecule has 1 aromatic heterocycles. The molecule has 0 spiro atoms. The number of oxazole rings is 1. The van der Waals surface area contributed by atoms with Crippen LogP contribution in [0.1, 0.15) is 39.2 Å². The molecule has 0 aliphatic carbocycles. The third kappa shape index (κ3) is 5.74. The van der Waals surface area contributed by atoms with E-state index in [4.69, 9.17) is 27.6 Å². The maximum Gasteiger partial charge on any atom is 0.296 e. The van der Waals surface area contributed by atoms with Crippen molar-refractivity contribution in [2.24, 2.45) is 11.3 Å². The predicted octanol–water partition coefficient (Wildman–Crippen LogP) is 5.50. The molecule has 0 unspecified atom stereocenters. The fourth-order valence-electron chi connectivity index (χ4n) is 4.44. The third-order valence-corrected chi connectivity index (χ3v) is 7.19. The van der Waals surface area contributed by atoms with Gasteiger partial charge in [-0.15, -0.1) is 0 Å².